The van der Waals surface area contributed by atoms with Gasteiger partial charge in [-0.1, -0.05) is 12.1 Å². The lowest BCUT2D eigenvalue weighted by Gasteiger charge is -2.03. The number of carbonyl (C=O) groups is 2. The van der Waals surface area contributed by atoms with Crippen LogP contribution in [0.15, 0.2) is 41.0 Å². The summed E-state index contributed by atoms with van der Waals surface area (Å²) < 4.78 is 4.87. The normalized spacial score (nSPS) is 10.2. The van der Waals surface area contributed by atoms with E-state index < -0.39 is 11.9 Å². The number of nitrogens with one attached hydrogen (secondary N) is 1. The Labute approximate surface area is 108 Å². The Morgan fingerprint density at radius 3 is 2.42 bits per heavy atom. The number of carboxylic acids is 1. The Morgan fingerprint density at radius 2 is 1.89 bits per heavy atom. The van der Waals surface area contributed by atoms with E-state index in [-0.39, 0.29) is 17.9 Å². The molecule has 0 aliphatic heterocycles. The fraction of sp³-hybridized carbons (Fsp3) is 0.0769. The van der Waals surface area contributed by atoms with Gasteiger partial charge in [0.25, 0.3) is 5.91 Å². The molecule has 1 aromatic heterocycles. The lowest BCUT2D eigenvalue weighted by atomic mass is 10.2. The molecule has 0 bridgehead atoms. The Kier molecular flexibility index (Phi) is 3.63. The molecule has 2 rings (SSSR count). The van der Waals surface area contributed by atoms with Crippen LogP contribution in [0.5, 0.6) is 0 Å². The highest BCUT2D eigenvalue weighted by Gasteiger charge is 2.14. The predicted molar refractivity (Wildman–Crippen MR) is 66.0 cm³/mol. The molecule has 0 radical (unpaired) electrons. The van der Waals surface area contributed by atoms with E-state index in [0.29, 0.717) is 5.69 Å². The molecule has 2 aromatic rings. The number of furan rings is 1. The second kappa shape index (κ2) is 5.36. The van der Waals surface area contributed by atoms with Crippen LogP contribution < -0.4 is 5.32 Å². The van der Waals surface area contributed by atoms with E-state index in [1.165, 1.54) is 0 Å². The van der Waals surface area contributed by atoms with Crippen LogP contribution in [0.1, 0.15) is 26.5 Å². The average molecular weight is 261 g/mol. The van der Waals surface area contributed by atoms with E-state index in [1.807, 2.05) is 0 Å². The van der Waals surface area contributed by atoms with Gasteiger partial charge in [-0.25, -0.2) is 4.79 Å². The van der Waals surface area contributed by atoms with Crippen LogP contribution in [0, 0.1) is 0 Å². The Morgan fingerprint density at radius 1 is 1.21 bits per heavy atom. The quantitative estimate of drug-likeness (QED) is 0.778. The van der Waals surface area contributed by atoms with Gasteiger partial charge in [-0.2, -0.15) is 0 Å². The molecular formula is C13H11NO5. The van der Waals surface area contributed by atoms with Gasteiger partial charge in [0.05, 0.1) is 12.2 Å². The van der Waals surface area contributed by atoms with Crippen molar-refractivity contribution in [2.75, 3.05) is 5.32 Å². The molecule has 1 heterocycles. The summed E-state index contributed by atoms with van der Waals surface area (Å²) in [7, 11) is 0. The smallest absolute Gasteiger partial charge is 0.338 e. The van der Waals surface area contributed by atoms with Crippen LogP contribution >= 0.6 is 0 Å². The van der Waals surface area contributed by atoms with Crippen molar-refractivity contribution in [2.45, 2.75) is 6.61 Å². The summed E-state index contributed by atoms with van der Waals surface area (Å²) >= 11 is 0. The zero-order valence-electron chi connectivity index (χ0n) is 9.79. The van der Waals surface area contributed by atoms with Gasteiger partial charge >= 0.3 is 5.97 Å². The zero-order chi connectivity index (χ0) is 13.8. The minimum Gasteiger partial charge on any atom is -0.478 e. The molecule has 19 heavy (non-hydrogen) atoms. The molecule has 3 N–H and O–H groups in total. The van der Waals surface area contributed by atoms with E-state index >= 15 is 0 Å². The second-order valence-corrected chi connectivity index (χ2v) is 3.81. The lowest BCUT2D eigenvalue weighted by molar-refractivity contribution is 0.0696. The van der Waals surface area contributed by atoms with Gasteiger partial charge in [0.15, 0.2) is 5.76 Å². The molecule has 0 saturated heterocycles. The first-order valence-electron chi connectivity index (χ1n) is 5.43. The highest BCUT2D eigenvalue weighted by molar-refractivity contribution is 6.03. The average Bonchev–Trinajstić information content (AvgIpc) is 2.89. The number of hydrogen-bond acceptors (Lipinski definition) is 4. The highest BCUT2D eigenvalue weighted by Crippen LogP contribution is 2.13. The van der Waals surface area contributed by atoms with Crippen molar-refractivity contribution >= 4 is 17.6 Å². The first-order chi connectivity index (χ1) is 9.10. The molecule has 0 aliphatic rings. The Balaban J connectivity index is 2.08. The summed E-state index contributed by atoms with van der Waals surface area (Å²) in [6.45, 7) is -0.0750. The SMILES string of the molecule is O=C(O)c1coc(C(=O)Nc2ccc(CO)cc2)c1. The number of carboxylic acid groups (broad SMARTS) is 1. The summed E-state index contributed by atoms with van der Waals surface area (Å²) in [5.74, 6) is -1.78. The number of aliphatic hydroxyl groups excluding tert-OH is 1. The fourth-order valence-corrected chi connectivity index (χ4v) is 1.45. The van der Waals surface area contributed by atoms with Crippen molar-refractivity contribution in [3.63, 3.8) is 0 Å². The molecule has 0 saturated carbocycles. The van der Waals surface area contributed by atoms with Gasteiger partial charge < -0.3 is 19.9 Å². The van der Waals surface area contributed by atoms with Crippen molar-refractivity contribution in [1.29, 1.82) is 0 Å². The van der Waals surface area contributed by atoms with Gasteiger partial charge in [0.2, 0.25) is 0 Å². The van der Waals surface area contributed by atoms with Crippen molar-refractivity contribution in [3.05, 3.63) is 53.5 Å². The molecular weight excluding hydrogens is 250 g/mol. The third kappa shape index (κ3) is 2.99. The first kappa shape index (κ1) is 12.8. The first-order valence-corrected chi connectivity index (χ1v) is 5.43. The maximum atomic E-state index is 11.8. The maximum Gasteiger partial charge on any atom is 0.338 e. The summed E-state index contributed by atoms with van der Waals surface area (Å²) in [5, 5.41) is 20.2. The van der Waals surface area contributed by atoms with Crippen molar-refractivity contribution in [1.82, 2.24) is 0 Å². The van der Waals surface area contributed by atoms with Gasteiger partial charge in [-0.3, -0.25) is 4.79 Å². The molecule has 0 atom stereocenters. The van der Waals surface area contributed by atoms with Crippen molar-refractivity contribution in [2.24, 2.45) is 0 Å². The zero-order valence-corrected chi connectivity index (χ0v) is 9.79. The summed E-state index contributed by atoms with van der Waals surface area (Å²) in [5.41, 5.74) is 1.17. The molecule has 98 valence electrons. The van der Waals surface area contributed by atoms with Gasteiger partial charge in [-0.15, -0.1) is 0 Å². The number of carbonyl (C=O) groups excluding carboxylic acids is 1. The Bertz CT molecular complexity index is 600. The van der Waals surface area contributed by atoms with Gasteiger partial charge in [0.1, 0.15) is 6.26 Å². The maximum absolute atomic E-state index is 11.8. The van der Waals surface area contributed by atoms with Crippen LogP contribution in [0.2, 0.25) is 0 Å². The molecule has 1 amide bonds. The van der Waals surface area contributed by atoms with E-state index in [2.05, 4.69) is 5.32 Å². The minimum atomic E-state index is -1.16. The van der Waals surface area contributed by atoms with E-state index in [4.69, 9.17) is 14.6 Å². The van der Waals surface area contributed by atoms with Crippen molar-refractivity contribution < 1.29 is 24.2 Å². The van der Waals surface area contributed by atoms with E-state index in [0.717, 1.165) is 17.9 Å². The lowest BCUT2D eigenvalue weighted by Crippen LogP contribution is -2.10. The van der Waals surface area contributed by atoms with Gasteiger partial charge in [0, 0.05) is 11.8 Å². The van der Waals surface area contributed by atoms with E-state index in [9.17, 15) is 9.59 Å². The number of anilines is 1. The summed E-state index contributed by atoms with van der Waals surface area (Å²) in [6, 6.07) is 7.75. The molecule has 0 fully saturated rings. The third-order valence-corrected chi connectivity index (χ3v) is 2.46. The summed E-state index contributed by atoms with van der Waals surface area (Å²) in [6.07, 6.45) is 1.01. The van der Waals surface area contributed by atoms with Crippen molar-refractivity contribution in [3.8, 4) is 0 Å². The topological polar surface area (TPSA) is 99.8 Å². The van der Waals surface area contributed by atoms with Crippen LogP contribution in [0.25, 0.3) is 0 Å². The molecule has 0 spiro atoms. The largest absolute Gasteiger partial charge is 0.478 e. The number of benzene rings is 1. The monoisotopic (exact) mass is 261 g/mol. The molecule has 6 heteroatoms. The second-order valence-electron chi connectivity index (χ2n) is 3.81. The number of aliphatic hydroxyl groups is 1. The number of hydrogen-bond donors (Lipinski definition) is 3. The number of aromatic carboxylic acids is 1. The van der Waals surface area contributed by atoms with Crippen LogP contribution in [-0.4, -0.2) is 22.1 Å². The molecule has 6 nitrogen and oxygen atoms in total. The van der Waals surface area contributed by atoms with Crippen LogP contribution in [0.4, 0.5) is 5.69 Å². The summed E-state index contributed by atoms with van der Waals surface area (Å²) in [4.78, 5) is 22.4. The predicted octanol–water partition coefficient (Wildman–Crippen LogP) is 1.72. The highest BCUT2D eigenvalue weighted by atomic mass is 16.4. The molecule has 1 aromatic carbocycles. The number of rotatable bonds is 4. The minimum absolute atomic E-state index is 0.0750. The van der Waals surface area contributed by atoms with Gasteiger partial charge in [-0.05, 0) is 17.7 Å². The number of amides is 1. The van der Waals surface area contributed by atoms with Crippen LogP contribution in [0.3, 0.4) is 0 Å². The molecule has 0 unspecified atom stereocenters. The van der Waals surface area contributed by atoms with E-state index in [1.54, 1.807) is 24.3 Å². The standard InChI is InChI=1S/C13H11NO5/c15-6-8-1-3-10(4-2-8)14-12(16)11-5-9(7-19-11)13(17)18/h1-5,7,15H,6H2,(H,14,16)(H,17,18). The third-order valence-electron chi connectivity index (χ3n) is 2.46. The fourth-order valence-electron chi connectivity index (χ4n) is 1.45. The molecule has 0 aliphatic carbocycles. The Hall–Kier alpha value is -2.60. The van der Waals surface area contributed by atoms with Crippen LogP contribution in [-0.2, 0) is 6.61 Å².